The molecule has 5 heteroatoms. The molecule has 0 aliphatic carbocycles. The maximum atomic E-state index is 11.7. The quantitative estimate of drug-likeness (QED) is 0.881. The lowest BCUT2D eigenvalue weighted by Crippen LogP contribution is -2.35. The van der Waals surface area contributed by atoms with Crippen LogP contribution in [0.2, 0.25) is 0 Å². The van der Waals surface area contributed by atoms with Crippen molar-refractivity contribution in [3.05, 3.63) is 27.9 Å². The Hall–Kier alpha value is -0.810. The molecule has 0 spiro atoms. The highest BCUT2D eigenvalue weighted by Crippen LogP contribution is 2.37. The van der Waals surface area contributed by atoms with Crippen molar-refractivity contribution in [1.82, 2.24) is 15.3 Å². The number of hydrogen-bond acceptors (Lipinski definition) is 4. The molecule has 1 atom stereocenters. The van der Waals surface area contributed by atoms with Gasteiger partial charge in [0, 0.05) is 18.2 Å². The van der Waals surface area contributed by atoms with Crippen LogP contribution in [0.5, 0.6) is 0 Å². The Morgan fingerprint density at radius 3 is 2.94 bits per heavy atom. The predicted molar refractivity (Wildman–Crippen MR) is 75.9 cm³/mol. The molecule has 2 rings (SSSR count). The number of hydrogen-bond donors (Lipinski definition) is 2. The average molecular weight is 267 g/mol. The van der Waals surface area contributed by atoms with Gasteiger partial charge in [0.2, 0.25) is 0 Å². The highest BCUT2D eigenvalue weighted by atomic mass is 32.2. The van der Waals surface area contributed by atoms with Gasteiger partial charge in [0.05, 0.1) is 10.9 Å². The Morgan fingerprint density at radius 1 is 1.56 bits per heavy atom. The van der Waals surface area contributed by atoms with Crippen molar-refractivity contribution >= 4 is 11.8 Å². The zero-order valence-corrected chi connectivity index (χ0v) is 12.1. The van der Waals surface area contributed by atoms with E-state index in [1.807, 2.05) is 11.8 Å². The van der Waals surface area contributed by atoms with Gasteiger partial charge < -0.3 is 10.3 Å². The van der Waals surface area contributed by atoms with Crippen LogP contribution in [0.4, 0.5) is 0 Å². The number of nitrogens with one attached hydrogen (secondary N) is 2. The number of aromatic nitrogens is 2. The standard InChI is InChI=1S/C13H21N3OS/c1-13(2,3)14-8-9-7-11(17)16-12(15-9)10-5-4-6-18-10/h7,10,14H,4-6,8H2,1-3H3,(H,15,16,17). The SMILES string of the molecule is CC(C)(C)NCc1cc(=O)[nH]c(C2CCCS2)n1. The molecule has 0 amide bonds. The van der Waals surface area contributed by atoms with Gasteiger partial charge in [-0.25, -0.2) is 4.98 Å². The fraction of sp³-hybridized carbons (Fsp3) is 0.692. The van der Waals surface area contributed by atoms with Gasteiger partial charge in [-0.3, -0.25) is 4.79 Å². The lowest BCUT2D eigenvalue weighted by Gasteiger charge is -2.20. The lowest BCUT2D eigenvalue weighted by molar-refractivity contribution is 0.420. The molecule has 0 saturated carbocycles. The van der Waals surface area contributed by atoms with E-state index in [4.69, 9.17) is 0 Å². The second-order valence-electron chi connectivity index (χ2n) is 5.73. The number of rotatable bonds is 3. The molecule has 1 aromatic heterocycles. The molecule has 1 aliphatic rings. The smallest absolute Gasteiger partial charge is 0.251 e. The third-order valence-electron chi connectivity index (χ3n) is 2.85. The van der Waals surface area contributed by atoms with Gasteiger partial charge >= 0.3 is 0 Å². The van der Waals surface area contributed by atoms with E-state index in [0.717, 1.165) is 17.9 Å². The molecule has 1 saturated heterocycles. The summed E-state index contributed by atoms with van der Waals surface area (Å²) in [6.45, 7) is 6.95. The van der Waals surface area contributed by atoms with Crippen LogP contribution in [0, 0.1) is 0 Å². The van der Waals surface area contributed by atoms with Crippen molar-refractivity contribution in [1.29, 1.82) is 0 Å². The molecule has 2 heterocycles. The summed E-state index contributed by atoms with van der Waals surface area (Å²) in [6, 6.07) is 1.59. The summed E-state index contributed by atoms with van der Waals surface area (Å²) < 4.78 is 0. The molecule has 18 heavy (non-hydrogen) atoms. The van der Waals surface area contributed by atoms with Crippen molar-refractivity contribution < 1.29 is 0 Å². The lowest BCUT2D eigenvalue weighted by atomic mass is 10.1. The highest BCUT2D eigenvalue weighted by molar-refractivity contribution is 7.99. The van der Waals surface area contributed by atoms with Crippen LogP contribution in [0.3, 0.4) is 0 Å². The maximum absolute atomic E-state index is 11.7. The van der Waals surface area contributed by atoms with Gasteiger partial charge in [-0.2, -0.15) is 11.8 Å². The van der Waals surface area contributed by atoms with Crippen LogP contribution in [-0.2, 0) is 6.54 Å². The molecule has 1 aromatic rings. The summed E-state index contributed by atoms with van der Waals surface area (Å²) in [5.41, 5.74) is 0.821. The summed E-state index contributed by atoms with van der Waals surface area (Å²) in [5.74, 6) is 2.01. The molecule has 1 aliphatic heterocycles. The fourth-order valence-corrected chi connectivity index (χ4v) is 3.14. The third kappa shape index (κ3) is 3.85. The Kier molecular flexibility index (Phi) is 4.12. The number of nitrogens with zero attached hydrogens (tertiary/aromatic N) is 1. The maximum Gasteiger partial charge on any atom is 0.251 e. The number of H-pyrrole nitrogens is 1. The molecule has 0 aromatic carbocycles. The molecule has 2 N–H and O–H groups in total. The van der Waals surface area contributed by atoms with Crippen molar-refractivity contribution in [2.45, 2.75) is 50.9 Å². The van der Waals surface area contributed by atoms with Crippen molar-refractivity contribution in [2.24, 2.45) is 0 Å². The van der Waals surface area contributed by atoms with Crippen molar-refractivity contribution in [2.75, 3.05) is 5.75 Å². The van der Waals surface area contributed by atoms with E-state index in [-0.39, 0.29) is 11.1 Å². The van der Waals surface area contributed by atoms with Crippen LogP contribution in [0.25, 0.3) is 0 Å². The van der Waals surface area contributed by atoms with Crippen LogP contribution < -0.4 is 10.9 Å². The second kappa shape index (κ2) is 5.45. The molecule has 1 unspecified atom stereocenters. The molecule has 100 valence electrons. The van der Waals surface area contributed by atoms with E-state index >= 15 is 0 Å². The van der Waals surface area contributed by atoms with Crippen LogP contribution in [-0.4, -0.2) is 21.3 Å². The van der Waals surface area contributed by atoms with Gasteiger partial charge in [0.25, 0.3) is 5.56 Å². The fourth-order valence-electron chi connectivity index (χ4n) is 1.92. The Labute approximate surface area is 112 Å². The molecule has 0 bridgehead atoms. The molecule has 0 radical (unpaired) electrons. The summed E-state index contributed by atoms with van der Waals surface area (Å²) in [6.07, 6.45) is 2.33. The summed E-state index contributed by atoms with van der Waals surface area (Å²) >= 11 is 1.88. The Balaban J connectivity index is 2.13. The zero-order chi connectivity index (χ0) is 13.2. The normalized spacial score (nSPS) is 20.3. The zero-order valence-electron chi connectivity index (χ0n) is 11.2. The van der Waals surface area contributed by atoms with Gasteiger partial charge in [-0.1, -0.05) is 0 Å². The minimum absolute atomic E-state index is 0.0343. The first-order chi connectivity index (χ1) is 8.44. The van der Waals surface area contributed by atoms with Crippen molar-refractivity contribution in [3.8, 4) is 0 Å². The largest absolute Gasteiger partial charge is 0.310 e. The first-order valence-corrected chi connectivity index (χ1v) is 7.46. The predicted octanol–water partition coefficient (Wildman–Crippen LogP) is 2.23. The third-order valence-corrected chi connectivity index (χ3v) is 4.23. The van der Waals surface area contributed by atoms with Crippen LogP contribution in [0.1, 0.15) is 50.4 Å². The summed E-state index contributed by atoms with van der Waals surface area (Å²) in [4.78, 5) is 19.1. The van der Waals surface area contributed by atoms with Gasteiger partial charge in [0.1, 0.15) is 5.82 Å². The monoisotopic (exact) mass is 267 g/mol. The van der Waals surface area contributed by atoms with E-state index in [0.29, 0.717) is 11.8 Å². The molecule has 1 fully saturated rings. The van der Waals surface area contributed by atoms with E-state index in [9.17, 15) is 4.79 Å². The first kappa shape index (κ1) is 13.6. The number of thioether (sulfide) groups is 1. The number of aromatic amines is 1. The van der Waals surface area contributed by atoms with E-state index in [1.165, 1.54) is 12.2 Å². The molecular weight excluding hydrogens is 246 g/mol. The van der Waals surface area contributed by atoms with E-state index in [2.05, 4.69) is 36.1 Å². The minimum atomic E-state index is -0.0433. The molecule has 4 nitrogen and oxygen atoms in total. The minimum Gasteiger partial charge on any atom is -0.310 e. The second-order valence-corrected chi connectivity index (χ2v) is 7.04. The molecular formula is C13H21N3OS. The van der Waals surface area contributed by atoms with E-state index < -0.39 is 0 Å². The Morgan fingerprint density at radius 2 is 2.33 bits per heavy atom. The van der Waals surface area contributed by atoms with Gasteiger partial charge in [-0.15, -0.1) is 0 Å². The summed E-state index contributed by atoms with van der Waals surface area (Å²) in [7, 11) is 0. The van der Waals surface area contributed by atoms with Crippen LogP contribution in [0.15, 0.2) is 10.9 Å². The van der Waals surface area contributed by atoms with Crippen molar-refractivity contribution in [3.63, 3.8) is 0 Å². The first-order valence-electron chi connectivity index (χ1n) is 6.41. The van der Waals surface area contributed by atoms with Gasteiger partial charge in [0.15, 0.2) is 0 Å². The van der Waals surface area contributed by atoms with Gasteiger partial charge in [-0.05, 0) is 39.4 Å². The topological polar surface area (TPSA) is 57.8 Å². The van der Waals surface area contributed by atoms with Crippen LogP contribution >= 0.6 is 11.8 Å². The van der Waals surface area contributed by atoms with E-state index in [1.54, 1.807) is 6.07 Å². The average Bonchev–Trinajstić information content (AvgIpc) is 2.78. The summed E-state index contributed by atoms with van der Waals surface area (Å²) in [5, 5.41) is 3.73. The Bertz CT molecular complexity index is 458. The highest BCUT2D eigenvalue weighted by Gasteiger charge is 2.20.